The van der Waals surface area contributed by atoms with Crippen molar-refractivity contribution < 1.29 is 22.8 Å². The Morgan fingerprint density at radius 3 is 2.61 bits per heavy atom. The van der Waals surface area contributed by atoms with Crippen molar-refractivity contribution >= 4 is 17.5 Å². The molecule has 1 fully saturated rings. The van der Waals surface area contributed by atoms with Crippen LogP contribution in [0, 0.1) is 0 Å². The second-order valence-electron chi connectivity index (χ2n) is 7.60. The Balaban J connectivity index is 1.82. The van der Waals surface area contributed by atoms with Gasteiger partial charge in [-0.2, -0.15) is 13.2 Å². The Morgan fingerprint density at radius 1 is 1.25 bits per heavy atom. The van der Waals surface area contributed by atoms with Crippen LogP contribution in [0.4, 0.5) is 18.9 Å². The predicted octanol–water partition coefficient (Wildman–Crippen LogP) is 1.97. The Kier molecular flexibility index (Phi) is 5.83. The van der Waals surface area contributed by atoms with E-state index in [1.807, 2.05) is 24.3 Å². The highest BCUT2D eigenvalue weighted by atomic mass is 19.4. The number of fused-ring (bicyclic) bond motifs is 1. The number of rotatable bonds is 3. The molecule has 0 aliphatic carbocycles. The molecule has 0 unspecified atom stereocenters. The maximum atomic E-state index is 13.0. The number of hydrogen-bond donors (Lipinski definition) is 2. The van der Waals surface area contributed by atoms with E-state index in [4.69, 9.17) is 0 Å². The number of carbonyl (C=O) groups is 2. The molecule has 1 saturated heterocycles. The van der Waals surface area contributed by atoms with Crippen molar-refractivity contribution in [2.45, 2.75) is 37.5 Å². The van der Waals surface area contributed by atoms with Crippen molar-refractivity contribution in [2.24, 2.45) is 0 Å². The highest BCUT2D eigenvalue weighted by Crippen LogP contribution is 2.33. The van der Waals surface area contributed by atoms with Gasteiger partial charge in [-0.1, -0.05) is 18.2 Å². The topological polar surface area (TPSA) is 64.7 Å². The molecular weight excluding hydrogens is 373 g/mol. The van der Waals surface area contributed by atoms with Crippen LogP contribution in [-0.2, 0) is 16.1 Å². The van der Waals surface area contributed by atoms with E-state index < -0.39 is 24.2 Å². The van der Waals surface area contributed by atoms with Crippen LogP contribution in [0.3, 0.4) is 0 Å². The summed E-state index contributed by atoms with van der Waals surface area (Å²) in [5, 5.41) is 6.82. The number of alkyl halides is 3. The molecule has 1 aromatic rings. The van der Waals surface area contributed by atoms with Gasteiger partial charge in [-0.15, -0.1) is 0 Å². The Morgan fingerprint density at radius 2 is 1.93 bits per heavy atom. The molecule has 0 radical (unpaired) electrons. The first-order valence-electron chi connectivity index (χ1n) is 9.33. The summed E-state index contributed by atoms with van der Waals surface area (Å²) in [7, 11) is 1.11. The molecule has 2 amide bonds. The number of hydrogen-bond acceptors (Lipinski definition) is 4. The number of para-hydroxylation sites is 1. The van der Waals surface area contributed by atoms with E-state index in [2.05, 4.69) is 10.6 Å². The van der Waals surface area contributed by atoms with E-state index in [0.717, 1.165) is 44.2 Å². The first-order valence-corrected chi connectivity index (χ1v) is 9.33. The van der Waals surface area contributed by atoms with Gasteiger partial charge in [-0.05, 0) is 37.6 Å². The quantitative estimate of drug-likeness (QED) is 0.817. The van der Waals surface area contributed by atoms with Gasteiger partial charge in [0.1, 0.15) is 13.1 Å². The third-order valence-electron chi connectivity index (χ3n) is 5.35. The molecule has 28 heavy (non-hydrogen) atoms. The summed E-state index contributed by atoms with van der Waals surface area (Å²) in [6, 6.07) is 7.55. The van der Waals surface area contributed by atoms with Gasteiger partial charge in [-0.3, -0.25) is 9.59 Å². The lowest BCUT2D eigenvalue weighted by molar-refractivity contribution is -0.160. The van der Waals surface area contributed by atoms with Gasteiger partial charge in [0.05, 0.1) is 0 Å². The van der Waals surface area contributed by atoms with Gasteiger partial charge in [-0.25, -0.2) is 0 Å². The maximum absolute atomic E-state index is 13.0. The number of anilines is 1. The lowest BCUT2D eigenvalue weighted by Crippen LogP contribution is -2.53. The summed E-state index contributed by atoms with van der Waals surface area (Å²) in [5.41, 5.74) is 1.33. The smallest absolute Gasteiger partial charge is 0.379 e. The summed E-state index contributed by atoms with van der Waals surface area (Å²) in [4.78, 5) is 27.3. The summed E-state index contributed by atoms with van der Waals surface area (Å²) >= 11 is 0. The van der Waals surface area contributed by atoms with Gasteiger partial charge in [0.2, 0.25) is 11.8 Å². The number of piperidine rings is 1. The third-order valence-corrected chi connectivity index (χ3v) is 5.35. The Labute approximate surface area is 162 Å². The number of amides is 2. The van der Waals surface area contributed by atoms with Gasteiger partial charge in [0, 0.05) is 31.2 Å². The molecule has 0 bridgehead atoms. The summed E-state index contributed by atoms with van der Waals surface area (Å²) in [5.74, 6) is -0.950. The van der Waals surface area contributed by atoms with Crippen molar-refractivity contribution in [2.75, 3.05) is 38.5 Å². The Bertz CT molecular complexity index is 732. The molecule has 6 nitrogen and oxygen atoms in total. The van der Waals surface area contributed by atoms with Crippen molar-refractivity contribution in [1.29, 1.82) is 0 Å². The fraction of sp³-hybridized carbons (Fsp3) is 0.579. The van der Waals surface area contributed by atoms with Gasteiger partial charge < -0.3 is 20.4 Å². The molecule has 9 heteroatoms. The maximum Gasteiger partial charge on any atom is 0.406 e. The van der Waals surface area contributed by atoms with Crippen molar-refractivity contribution in [1.82, 2.24) is 15.1 Å². The van der Waals surface area contributed by atoms with E-state index in [1.165, 1.54) is 4.90 Å². The van der Waals surface area contributed by atoms with E-state index in [0.29, 0.717) is 4.90 Å². The van der Waals surface area contributed by atoms with Crippen molar-refractivity contribution in [3.05, 3.63) is 29.8 Å². The molecule has 0 aromatic heterocycles. The molecule has 154 valence electrons. The highest BCUT2D eigenvalue weighted by molar-refractivity contribution is 5.86. The van der Waals surface area contributed by atoms with Gasteiger partial charge in [0.15, 0.2) is 0 Å². The predicted molar refractivity (Wildman–Crippen MR) is 98.6 cm³/mol. The molecule has 2 heterocycles. The zero-order valence-corrected chi connectivity index (χ0v) is 15.8. The minimum absolute atomic E-state index is 0.182. The average molecular weight is 398 g/mol. The first kappa shape index (κ1) is 20.4. The number of likely N-dealkylation sites (N-methyl/N-ethyl adjacent to an activating group) is 1. The van der Waals surface area contributed by atoms with E-state index >= 15 is 0 Å². The summed E-state index contributed by atoms with van der Waals surface area (Å²) in [6.07, 6.45) is -2.76. The average Bonchev–Trinajstić information content (AvgIpc) is 2.60. The zero-order valence-electron chi connectivity index (χ0n) is 15.8. The van der Waals surface area contributed by atoms with Gasteiger partial charge >= 0.3 is 6.18 Å². The number of nitrogens with one attached hydrogen (secondary N) is 2. The third kappa shape index (κ3) is 4.95. The number of carbonyl (C=O) groups excluding carboxylic acids is 2. The normalized spacial score (nSPS) is 19.4. The number of nitrogens with zero attached hydrogens (tertiary/aromatic N) is 2. The van der Waals surface area contributed by atoms with E-state index in [1.54, 1.807) is 0 Å². The monoisotopic (exact) mass is 398 g/mol. The molecule has 2 aliphatic heterocycles. The molecule has 0 saturated carbocycles. The lowest BCUT2D eigenvalue weighted by Gasteiger charge is -2.42. The van der Waals surface area contributed by atoms with Gasteiger partial charge in [0.25, 0.3) is 0 Å². The van der Waals surface area contributed by atoms with Crippen LogP contribution in [0.2, 0.25) is 0 Å². The fourth-order valence-electron chi connectivity index (χ4n) is 3.80. The molecule has 2 aliphatic rings. The largest absolute Gasteiger partial charge is 0.406 e. The second-order valence-corrected chi connectivity index (χ2v) is 7.60. The standard InChI is InChI=1S/C19H25F3N4O2/c1-25(13-19(20,21)22)17(28)12-26-11-14-4-2-3-5-15(14)24-18(10-16(26)27)6-8-23-9-7-18/h2-5,23-24H,6-13H2,1H3. The van der Waals surface area contributed by atoms with Crippen molar-refractivity contribution in [3.8, 4) is 0 Å². The SMILES string of the molecule is CN(CC(F)(F)F)C(=O)CN1Cc2ccccc2NC2(CCNCC2)CC1=O. The van der Waals surface area contributed by atoms with E-state index in [9.17, 15) is 22.8 Å². The number of halogens is 3. The van der Waals surface area contributed by atoms with Crippen molar-refractivity contribution in [3.63, 3.8) is 0 Å². The van der Waals surface area contributed by atoms with E-state index in [-0.39, 0.29) is 25.4 Å². The summed E-state index contributed by atoms with van der Waals surface area (Å²) < 4.78 is 37.8. The molecule has 2 N–H and O–H groups in total. The molecule has 1 aromatic carbocycles. The molecular formula is C19H25F3N4O2. The highest BCUT2D eigenvalue weighted by Gasteiger charge is 2.39. The van der Waals surface area contributed by atoms with Crippen LogP contribution in [0.5, 0.6) is 0 Å². The number of benzene rings is 1. The summed E-state index contributed by atoms with van der Waals surface area (Å²) in [6.45, 7) is 0.0308. The van der Waals surface area contributed by atoms with Crippen LogP contribution < -0.4 is 10.6 Å². The van der Waals surface area contributed by atoms with Crippen LogP contribution in [0.25, 0.3) is 0 Å². The Hall–Kier alpha value is -2.29. The fourth-order valence-corrected chi connectivity index (χ4v) is 3.80. The zero-order chi connectivity index (χ0) is 20.4. The van der Waals surface area contributed by atoms with Crippen LogP contribution in [0.1, 0.15) is 24.8 Å². The molecule has 3 rings (SSSR count). The second kappa shape index (κ2) is 7.98. The minimum Gasteiger partial charge on any atom is -0.379 e. The molecule has 0 atom stereocenters. The van der Waals surface area contributed by atoms with Crippen LogP contribution in [0.15, 0.2) is 24.3 Å². The van der Waals surface area contributed by atoms with Crippen LogP contribution >= 0.6 is 0 Å². The minimum atomic E-state index is -4.47. The molecule has 1 spiro atoms. The first-order chi connectivity index (χ1) is 13.2. The lowest BCUT2D eigenvalue weighted by atomic mass is 9.83. The van der Waals surface area contributed by atoms with Crippen LogP contribution in [-0.4, -0.2) is 66.6 Å².